The van der Waals surface area contributed by atoms with Crippen LogP contribution in [0.4, 0.5) is 11.4 Å². The number of ether oxygens (including phenoxy) is 2. The van der Waals surface area contributed by atoms with Crippen molar-refractivity contribution in [3.8, 4) is 0 Å². The molecule has 1 unspecified atom stereocenters. The zero-order valence-corrected chi connectivity index (χ0v) is 32.2. The monoisotopic (exact) mass is 736 g/mol. The van der Waals surface area contributed by atoms with Crippen LogP contribution in [0.3, 0.4) is 0 Å². The molecule has 1 atom stereocenters. The maximum atomic E-state index is 13.8. The fourth-order valence-corrected chi connectivity index (χ4v) is 7.84. The van der Waals surface area contributed by atoms with Gasteiger partial charge in [0, 0.05) is 74.8 Å². The zero-order chi connectivity index (χ0) is 38.4. The second-order valence-electron chi connectivity index (χ2n) is 14.4. The minimum atomic E-state index is -0.473. The average Bonchev–Trinajstić information content (AvgIpc) is 3.81. The van der Waals surface area contributed by atoms with Crippen LogP contribution < -0.4 is 10.6 Å². The van der Waals surface area contributed by atoms with Gasteiger partial charge < -0.3 is 29.9 Å². The number of likely N-dealkylation sites (tertiary alicyclic amines) is 2. The van der Waals surface area contributed by atoms with Crippen molar-refractivity contribution in [3.63, 3.8) is 0 Å². The molecule has 2 aliphatic heterocycles. The smallest absolute Gasteiger partial charge is 0.341 e. The third-order valence-electron chi connectivity index (χ3n) is 10.4. The summed E-state index contributed by atoms with van der Waals surface area (Å²) in [6, 6.07) is 8.18. The lowest BCUT2D eigenvalue weighted by Gasteiger charge is -2.20. The first kappa shape index (κ1) is 38.5. The summed E-state index contributed by atoms with van der Waals surface area (Å²) in [4.78, 5) is 65.6. The van der Waals surface area contributed by atoms with Crippen molar-refractivity contribution in [2.75, 3.05) is 63.1 Å². The highest BCUT2D eigenvalue weighted by atomic mass is 16.5. The molecule has 2 amide bonds. The van der Waals surface area contributed by atoms with E-state index in [2.05, 4.69) is 27.8 Å². The molecule has 2 fully saturated rings. The van der Waals surface area contributed by atoms with Gasteiger partial charge in [-0.2, -0.15) is 0 Å². The Balaban J connectivity index is 1.14. The number of aryl methyl sites for hydroxylation is 3. The molecule has 0 spiro atoms. The number of esters is 2. The van der Waals surface area contributed by atoms with Crippen LogP contribution in [0.1, 0.15) is 88.9 Å². The second kappa shape index (κ2) is 17.3. The number of hydrogen-bond acceptors (Lipinski definition) is 10. The lowest BCUT2D eigenvalue weighted by atomic mass is 9.93. The van der Waals surface area contributed by atoms with Gasteiger partial charge >= 0.3 is 11.9 Å². The Kier molecular flexibility index (Phi) is 12.3. The summed E-state index contributed by atoms with van der Waals surface area (Å²) < 4.78 is 10.7. The molecule has 6 rings (SSSR count). The number of amides is 2. The van der Waals surface area contributed by atoms with Crippen molar-refractivity contribution in [3.05, 3.63) is 70.0 Å². The van der Waals surface area contributed by atoms with Crippen LogP contribution in [0.15, 0.2) is 36.7 Å². The van der Waals surface area contributed by atoms with E-state index in [1.54, 1.807) is 26.2 Å². The molecule has 0 radical (unpaired) electrons. The van der Waals surface area contributed by atoms with Gasteiger partial charge in [0.1, 0.15) is 11.1 Å². The molecule has 4 heterocycles. The molecule has 2 aliphatic rings. The number of aromatic nitrogens is 2. The maximum Gasteiger partial charge on any atom is 0.341 e. The molecule has 286 valence electrons. The SMILES string of the molecule is CCOC(=O)c1cnc2c(C)cc(C)cc2c1NCCCN1CCC(Cc2cc(C)cc3c(NCCC(=O)N4CCCC4)c(C(=O)OCC)cnc23)C1=O. The highest BCUT2D eigenvalue weighted by Gasteiger charge is 2.32. The van der Waals surface area contributed by atoms with Gasteiger partial charge in [0.05, 0.1) is 35.6 Å². The van der Waals surface area contributed by atoms with Gasteiger partial charge in [-0.05, 0) is 90.0 Å². The van der Waals surface area contributed by atoms with E-state index in [9.17, 15) is 19.2 Å². The number of fused-ring (bicyclic) bond motifs is 2. The summed E-state index contributed by atoms with van der Waals surface area (Å²) in [5, 5.41) is 8.51. The van der Waals surface area contributed by atoms with E-state index >= 15 is 0 Å². The van der Waals surface area contributed by atoms with E-state index in [1.807, 2.05) is 42.7 Å². The first-order valence-electron chi connectivity index (χ1n) is 19.3. The number of pyridine rings is 2. The van der Waals surface area contributed by atoms with Crippen molar-refractivity contribution in [2.24, 2.45) is 5.92 Å². The molecule has 2 saturated heterocycles. The number of carbonyl (C=O) groups is 4. The fraction of sp³-hybridized carbons (Fsp3) is 0.476. The van der Waals surface area contributed by atoms with Crippen molar-refractivity contribution >= 4 is 56.9 Å². The van der Waals surface area contributed by atoms with E-state index < -0.39 is 11.9 Å². The van der Waals surface area contributed by atoms with Crippen LogP contribution in [0.2, 0.25) is 0 Å². The Morgan fingerprint density at radius 3 is 2.04 bits per heavy atom. The number of carbonyl (C=O) groups excluding carboxylic acids is 4. The molecule has 0 bridgehead atoms. The lowest BCUT2D eigenvalue weighted by Crippen LogP contribution is -2.30. The topological polar surface area (TPSA) is 143 Å². The quantitative estimate of drug-likeness (QED) is 0.104. The predicted molar refractivity (Wildman–Crippen MR) is 210 cm³/mol. The number of benzene rings is 2. The van der Waals surface area contributed by atoms with Gasteiger partial charge in [0.15, 0.2) is 0 Å². The largest absolute Gasteiger partial charge is 0.462 e. The van der Waals surface area contributed by atoms with Crippen LogP contribution in [0, 0.1) is 26.7 Å². The normalized spacial score (nSPS) is 15.6. The molecular formula is C42H52N6O6. The van der Waals surface area contributed by atoms with Crippen LogP contribution in [0.25, 0.3) is 21.8 Å². The van der Waals surface area contributed by atoms with Crippen LogP contribution in [-0.2, 0) is 25.5 Å². The standard InChI is InChI=1S/C42H52N6O6/c1-6-53-41(51)33-24-45-36-28(5)19-26(3)21-31(36)38(33)43-13-10-17-48-18-12-29(40(48)50)23-30-20-27(4)22-32-37(30)46-25-34(42(52)54-7-2)39(32)44-14-11-35(49)47-15-8-9-16-47/h19-22,24-25,29H,6-18,23H2,1-5H3,(H,43,45)(H,44,46). The molecule has 0 aliphatic carbocycles. The minimum Gasteiger partial charge on any atom is -0.462 e. The van der Waals surface area contributed by atoms with Crippen LogP contribution in [-0.4, -0.2) is 96.0 Å². The first-order valence-corrected chi connectivity index (χ1v) is 19.3. The van der Waals surface area contributed by atoms with Crippen molar-refractivity contribution in [1.82, 2.24) is 19.8 Å². The first-order chi connectivity index (χ1) is 26.1. The molecule has 12 nitrogen and oxygen atoms in total. The van der Waals surface area contributed by atoms with Gasteiger partial charge in [0.25, 0.3) is 0 Å². The molecule has 4 aromatic rings. The minimum absolute atomic E-state index is 0.102. The van der Waals surface area contributed by atoms with Gasteiger partial charge in [0.2, 0.25) is 11.8 Å². The maximum absolute atomic E-state index is 13.8. The third kappa shape index (κ3) is 8.42. The van der Waals surface area contributed by atoms with Gasteiger partial charge in [-0.3, -0.25) is 19.6 Å². The Bertz CT molecular complexity index is 2060. The van der Waals surface area contributed by atoms with E-state index in [4.69, 9.17) is 14.5 Å². The number of nitrogens with one attached hydrogen (secondary N) is 2. The molecule has 2 aromatic heterocycles. The summed E-state index contributed by atoms with van der Waals surface area (Å²) >= 11 is 0. The van der Waals surface area contributed by atoms with Gasteiger partial charge in [-0.15, -0.1) is 0 Å². The molecule has 2 N–H and O–H groups in total. The van der Waals surface area contributed by atoms with E-state index in [-0.39, 0.29) is 30.9 Å². The molecule has 2 aromatic carbocycles. The number of hydrogen-bond donors (Lipinski definition) is 2. The summed E-state index contributed by atoms with van der Waals surface area (Å²) in [6.45, 7) is 13.8. The molecular weight excluding hydrogens is 684 g/mol. The van der Waals surface area contributed by atoms with Crippen LogP contribution in [0.5, 0.6) is 0 Å². The lowest BCUT2D eigenvalue weighted by molar-refractivity contribution is -0.131. The summed E-state index contributed by atoms with van der Waals surface area (Å²) in [6.07, 6.45) is 7.45. The van der Waals surface area contributed by atoms with Crippen molar-refractivity contribution in [2.45, 2.75) is 73.1 Å². The fourth-order valence-electron chi connectivity index (χ4n) is 7.84. The Morgan fingerprint density at radius 1 is 0.796 bits per heavy atom. The molecule has 12 heteroatoms. The summed E-state index contributed by atoms with van der Waals surface area (Å²) in [5.74, 6) is -0.879. The highest BCUT2D eigenvalue weighted by molar-refractivity contribution is 6.07. The van der Waals surface area contributed by atoms with E-state index in [0.717, 1.165) is 76.4 Å². The summed E-state index contributed by atoms with van der Waals surface area (Å²) in [5.41, 5.74) is 7.62. The van der Waals surface area contributed by atoms with E-state index in [1.165, 1.54) is 0 Å². The van der Waals surface area contributed by atoms with Crippen molar-refractivity contribution < 1.29 is 28.7 Å². The zero-order valence-electron chi connectivity index (χ0n) is 32.2. The average molecular weight is 737 g/mol. The van der Waals surface area contributed by atoms with E-state index in [0.29, 0.717) is 67.9 Å². The predicted octanol–water partition coefficient (Wildman–Crippen LogP) is 6.38. The molecule has 0 saturated carbocycles. The van der Waals surface area contributed by atoms with Crippen LogP contribution >= 0.6 is 0 Å². The third-order valence-corrected chi connectivity index (χ3v) is 10.4. The van der Waals surface area contributed by atoms with Gasteiger partial charge in [-0.1, -0.05) is 23.3 Å². The summed E-state index contributed by atoms with van der Waals surface area (Å²) in [7, 11) is 0. The molecule has 54 heavy (non-hydrogen) atoms. The Hall–Kier alpha value is -5.26. The number of rotatable bonds is 15. The number of anilines is 2. The second-order valence-corrected chi connectivity index (χ2v) is 14.4. The highest BCUT2D eigenvalue weighted by Crippen LogP contribution is 2.34. The number of nitrogens with zero attached hydrogens (tertiary/aromatic N) is 4. The van der Waals surface area contributed by atoms with Gasteiger partial charge in [-0.25, -0.2) is 9.59 Å². The Labute approximate surface area is 317 Å². The van der Waals surface area contributed by atoms with Crippen molar-refractivity contribution in [1.29, 1.82) is 0 Å². The Morgan fingerprint density at radius 2 is 1.39 bits per heavy atom.